The number of rotatable bonds is 5. The van der Waals surface area contributed by atoms with Crippen LogP contribution in [0.4, 0.5) is 17.3 Å². The SMILES string of the molecule is Nc1cc(-c2ccnc(Nc3ccc(CN4CC(O)C4)cc3)n2)ccc1O. The summed E-state index contributed by atoms with van der Waals surface area (Å²) in [5.74, 6) is 0.539. The van der Waals surface area contributed by atoms with Crippen molar-refractivity contribution in [1.29, 1.82) is 0 Å². The first-order valence-electron chi connectivity index (χ1n) is 8.75. The molecule has 0 saturated carbocycles. The zero-order valence-electron chi connectivity index (χ0n) is 14.7. The number of hydrogen-bond donors (Lipinski definition) is 4. The van der Waals surface area contributed by atoms with Gasteiger partial charge in [-0.3, -0.25) is 4.90 Å². The monoisotopic (exact) mass is 363 g/mol. The lowest BCUT2D eigenvalue weighted by Gasteiger charge is -2.35. The smallest absolute Gasteiger partial charge is 0.227 e. The molecule has 138 valence electrons. The third-order valence-electron chi connectivity index (χ3n) is 4.53. The maximum absolute atomic E-state index is 9.56. The molecule has 0 aliphatic carbocycles. The van der Waals surface area contributed by atoms with Crippen molar-refractivity contribution in [2.45, 2.75) is 12.6 Å². The van der Waals surface area contributed by atoms with Crippen LogP contribution in [0.3, 0.4) is 0 Å². The van der Waals surface area contributed by atoms with Gasteiger partial charge in [0.1, 0.15) is 5.75 Å². The van der Waals surface area contributed by atoms with Crippen molar-refractivity contribution < 1.29 is 10.2 Å². The van der Waals surface area contributed by atoms with Gasteiger partial charge in [-0.2, -0.15) is 0 Å². The van der Waals surface area contributed by atoms with Gasteiger partial charge in [-0.1, -0.05) is 12.1 Å². The summed E-state index contributed by atoms with van der Waals surface area (Å²) in [6.07, 6.45) is 1.50. The molecule has 7 nitrogen and oxygen atoms in total. The van der Waals surface area contributed by atoms with Crippen LogP contribution in [-0.4, -0.2) is 44.3 Å². The van der Waals surface area contributed by atoms with Gasteiger partial charge in [-0.25, -0.2) is 9.97 Å². The van der Waals surface area contributed by atoms with Gasteiger partial charge in [0.15, 0.2) is 0 Å². The minimum atomic E-state index is -0.181. The van der Waals surface area contributed by atoms with Crippen molar-refractivity contribution >= 4 is 17.3 Å². The summed E-state index contributed by atoms with van der Waals surface area (Å²) < 4.78 is 0. The quantitative estimate of drug-likeness (QED) is 0.407. The fraction of sp³-hybridized carbons (Fsp3) is 0.200. The van der Waals surface area contributed by atoms with E-state index in [-0.39, 0.29) is 11.9 Å². The first-order valence-corrected chi connectivity index (χ1v) is 8.75. The van der Waals surface area contributed by atoms with Crippen LogP contribution in [0.15, 0.2) is 54.7 Å². The normalized spacial score (nSPS) is 14.7. The fourth-order valence-electron chi connectivity index (χ4n) is 3.05. The molecule has 1 aliphatic rings. The number of aromatic nitrogens is 2. The predicted molar refractivity (Wildman–Crippen MR) is 105 cm³/mol. The summed E-state index contributed by atoms with van der Waals surface area (Å²) in [6.45, 7) is 2.32. The number of nitrogens with two attached hydrogens (primary N) is 1. The van der Waals surface area contributed by atoms with Crippen molar-refractivity contribution in [2.24, 2.45) is 0 Å². The van der Waals surface area contributed by atoms with Gasteiger partial charge in [0, 0.05) is 37.1 Å². The number of nitrogens with zero attached hydrogens (tertiary/aromatic N) is 3. The Kier molecular flexibility index (Phi) is 4.62. The zero-order chi connectivity index (χ0) is 18.8. The Morgan fingerprint density at radius 3 is 2.59 bits per heavy atom. The van der Waals surface area contributed by atoms with E-state index in [1.54, 1.807) is 30.5 Å². The fourth-order valence-corrected chi connectivity index (χ4v) is 3.05. The van der Waals surface area contributed by atoms with E-state index in [2.05, 4.69) is 32.3 Å². The molecule has 3 aromatic rings. The third-order valence-corrected chi connectivity index (χ3v) is 4.53. The highest BCUT2D eigenvalue weighted by molar-refractivity contribution is 5.68. The van der Waals surface area contributed by atoms with Crippen molar-refractivity contribution in [3.63, 3.8) is 0 Å². The van der Waals surface area contributed by atoms with Crippen LogP contribution < -0.4 is 11.1 Å². The number of phenolic OH excluding ortho intramolecular Hbond substituents is 1. The highest BCUT2D eigenvalue weighted by Gasteiger charge is 2.23. The Morgan fingerprint density at radius 2 is 1.89 bits per heavy atom. The summed E-state index contributed by atoms with van der Waals surface area (Å²) in [6, 6.07) is 14.9. The molecule has 1 saturated heterocycles. The highest BCUT2D eigenvalue weighted by atomic mass is 16.3. The molecule has 0 bridgehead atoms. The Bertz CT molecular complexity index is 939. The van der Waals surface area contributed by atoms with Gasteiger partial charge >= 0.3 is 0 Å². The Balaban J connectivity index is 1.45. The van der Waals surface area contributed by atoms with Crippen LogP contribution in [0.2, 0.25) is 0 Å². The molecule has 0 amide bonds. The number of benzene rings is 2. The molecule has 2 aromatic carbocycles. The number of aromatic hydroxyl groups is 1. The number of aliphatic hydroxyl groups is 1. The first-order chi connectivity index (χ1) is 13.1. The lowest BCUT2D eigenvalue weighted by molar-refractivity contribution is -0.00286. The van der Waals surface area contributed by atoms with Gasteiger partial charge in [0.25, 0.3) is 0 Å². The summed E-state index contributed by atoms with van der Waals surface area (Å²) in [7, 11) is 0. The maximum Gasteiger partial charge on any atom is 0.227 e. The summed E-state index contributed by atoms with van der Waals surface area (Å²) in [5, 5.41) is 22.1. The molecular formula is C20H21N5O2. The third kappa shape index (κ3) is 3.99. The van der Waals surface area contributed by atoms with Crippen LogP contribution in [0.1, 0.15) is 5.56 Å². The minimum absolute atomic E-state index is 0.0546. The molecule has 0 spiro atoms. The van der Waals surface area contributed by atoms with Crippen molar-refractivity contribution in [3.8, 4) is 17.0 Å². The Hall–Kier alpha value is -3.16. The molecule has 1 fully saturated rings. The molecular weight excluding hydrogens is 342 g/mol. The second-order valence-corrected chi connectivity index (χ2v) is 6.71. The van der Waals surface area contributed by atoms with E-state index in [9.17, 15) is 10.2 Å². The molecule has 27 heavy (non-hydrogen) atoms. The largest absolute Gasteiger partial charge is 0.506 e. The van der Waals surface area contributed by atoms with Crippen LogP contribution in [-0.2, 0) is 6.54 Å². The summed E-state index contributed by atoms with van der Waals surface area (Å²) in [5.41, 5.74) is 9.69. The van der Waals surface area contributed by atoms with E-state index in [1.165, 1.54) is 5.56 Å². The number of phenols is 1. The van der Waals surface area contributed by atoms with Gasteiger partial charge in [-0.05, 0) is 42.0 Å². The van der Waals surface area contributed by atoms with E-state index in [4.69, 9.17) is 5.73 Å². The van der Waals surface area contributed by atoms with E-state index in [0.717, 1.165) is 30.9 Å². The average Bonchev–Trinajstić information content (AvgIpc) is 2.64. The summed E-state index contributed by atoms with van der Waals surface area (Å²) in [4.78, 5) is 11.0. The highest BCUT2D eigenvalue weighted by Crippen LogP contribution is 2.27. The van der Waals surface area contributed by atoms with Gasteiger partial charge < -0.3 is 21.3 Å². The number of anilines is 3. The number of nitrogen functional groups attached to an aromatic ring is 1. The standard InChI is InChI=1S/C20H21N5O2/c21-17-9-14(3-6-19(17)27)18-7-8-22-20(24-18)23-15-4-1-13(2-5-15)10-25-11-16(26)12-25/h1-9,16,26-27H,10-12,21H2,(H,22,23,24). The lowest BCUT2D eigenvalue weighted by atomic mass is 10.1. The first kappa shape index (κ1) is 17.3. The van der Waals surface area contributed by atoms with Gasteiger partial charge in [0.05, 0.1) is 17.5 Å². The number of hydrogen-bond acceptors (Lipinski definition) is 7. The van der Waals surface area contributed by atoms with E-state index in [1.807, 2.05) is 12.1 Å². The van der Waals surface area contributed by atoms with Crippen molar-refractivity contribution in [1.82, 2.24) is 14.9 Å². The molecule has 0 radical (unpaired) electrons. The minimum Gasteiger partial charge on any atom is -0.506 e. The number of aliphatic hydroxyl groups excluding tert-OH is 1. The van der Waals surface area contributed by atoms with Crippen molar-refractivity contribution in [3.05, 3.63) is 60.3 Å². The van der Waals surface area contributed by atoms with Gasteiger partial charge in [0.2, 0.25) is 5.95 Å². The maximum atomic E-state index is 9.56. The second-order valence-electron chi connectivity index (χ2n) is 6.71. The van der Waals surface area contributed by atoms with Crippen LogP contribution >= 0.6 is 0 Å². The average molecular weight is 363 g/mol. The van der Waals surface area contributed by atoms with E-state index < -0.39 is 0 Å². The predicted octanol–water partition coefficient (Wildman–Crippen LogP) is 2.35. The number of nitrogens with one attached hydrogen (secondary N) is 1. The molecule has 2 heterocycles. The van der Waals surface area contributed by atoms with Gasteiger partial charge in [-0.15, -0.1) is 0 Å². The topological polar surface area (TPSA) is 108 Å². The number of β-amino-alcohol motifs (C(OH)–C–C–N with tert-alkyl or cyclic N) is 1. The van der Waals surface area contributed by atoms with Crippen LogP contribution in [0, 0.1) is 0 Å². The summed E-state index contributed by atoms with van der Waals surface area (Å²) >= 11 is 0. The van der Waals surface area contributed by atoms with Crippen LogP contribution in [0.25, 0.3) is 11.3 Å². The van der Waals surface area contributed by atoms with E-state index in [0.29, 0.717) is 17.3 Å². The molecule has 5 N–H and O–H groups in total. The zero-order valence-corrected chi connectivity index (χ0v) is 14.7. The molecule has 4 rings (SSSR count). The molecule has 1 aromatic heterocycles. The van der Waals surface area contributed by atoms with E-state index >= 15 is 0 Å². The van der Waals surface area contributed by atoms with Crippen LogP contribution in [0.5, 0.6) is 5.75 Å². The number of likely N-dealkylation sites (tertiary alicyclic amines) is 1. The Morgan fingerprint density at radius 1 is 1.11 bits per heavy atom. The molecule has 7 heteroatoms. The molecule has 1 aliphatic heterocycles. The lowest BCUT2D eigenvalue weighted by Crippen LogP contribution is -2.49. The molecule has 0 unspecified atom stereocenters. The second kappa shape index (κ2) is 7.22. The molecule has 0 atom stereocenters. The Labute approximate surface area is 157 Å². The van der Waals surface area contributed by atoms with Crippen molar-refractivity contribution in [2.75, 3.05) is 24.1 Å².